The summed E-state index contributed by atoms with van der Waals surface area (Å²) in [6.45, 7) is 17.7. The summed E-state index contributed by atoms with van der Waals surface area (Å²) in [5.41, 5.74) is 14.6. The fourth-order valence-corrected chi connectivity index (χ4v) is 8.04. The number of nitrogens with zero attached hydrogens (tertiary/aromatic N) is 4. The lowest BCUT2D eigenvalue weighted by Crippen LogP contribution is -2.24. The molecular weight excluding hydrogens is 807 g/mol. The van der Waals surface area contributed by atoms with Gasteiger partial charge in [0.05, 0.1) is 22.1 Å². The third kappa shape index (κ3) is 17.8. The maximum absolute atomic E-state index is 12.7. The highest BCUT2D eigenvalue weighted by molar-refractivity contribution is 7.97. The number of ketones is 1. The standard InChI is InChI=1S/C37H49N5O2S.C6H13N.C2H6S.CH3NO.CH2S/c1-8-25(4)35-28(14-13-18-39-35)36-30(22-37(6,7)24-44-10-3)29-21-27(16-17-32(29)42(36)9-2)31-23-45-34(41-31)20-26(5)33(43)15-11-12-19-40-38;1-7-5-3-2-4-6-7;1-3-2;2-1-3;1-2/h3,13-14,16-18,21,23,25-26,40H,8-9,11-12,15,19-20,22,24,38H2,1-2,4-7H3;2-6H2,1H3;1-2H3;1H,(H2,2,3);1H2. The second-order valence-corrected chi connectivity index (χ2v) is 17.6. The Balaban J connectivity index is 0.00000103. The number of rotatable bonds is 17. The Kier molecular flexibility index (Phi) is 27.5. The number of thiazole rings is 1. The highest BCUT2D eigenvalue weighted by Gasteiger charge is 2.28. The molecule has 0 spiro atoms. The first-order valence-corrected chi connectivity index (χ1v) is 24.1. The van der Waals surface area contributed by atoms with Crippen LogP contribution >= 0.6 is 35.3 Å². The summed E-state index contributed by atoms with van der Waals surface area (Å²) in [6, 6.07) is 10.9. The van der Waals surface area contributed by atoms with Gasteiger partial charge in [-0.15, -0.1) is 11.3 Å². The second-order valence-electron chi connectivity index (χ2n) is 15.8. The molecule has 2 unspecified atom stereocenters. The molecule has 0 bridgehead atoms. The summed E-state index contributed by atoms with van der Waals surface area (Å²) in [5.74, 6) is 8.74. The van der Waals surface area contributed by atoms with Gasteiger partial charge in [0.25, 0.3) is 0 Å². The molecular formula is C47H73N7O3S3. The summed E-state index contributed by atoms with van der Waals surface area (Å²) in [4.78, 5) is 33.6. The second kappa shape index (κ2) is 30.4. The van der Waals surface area contributed by atoms with Crippen LogP contribution in [0, 0.1) is 23.9 Å². The van der Waals surface area contributed by atoms with Crippen LogP contribution in [-0.2, 0) is 33.7 Å². The molecule has 332 valence electrons. The van der Waals surface area contributed by atoms with Gasteiger partial charge in [0, 0.05) is 70.9 Å². The van der Waals surface area contributed by atoms with Crippen LogP contribution in [0.15, 0.2) is 41.9 Å². The number of thioether (sulfide) groups is 1. The number of hydrogen-bond acceptors (Lipinski definition) is 11. The van der Waals surface area contributed by atoms with E-state index in [1.165, 1.54) is 60.1 Å². The van der Waals surface area contributed by atoms with Crippen molar-refractivity contribution in [3.05, 3.63) is 58.2 Å². The molecule has 2 atom stereocenters. The summed E-state index contributed by atoms with van der Waals surface area (Å²) >= 11 is 7.21. The number of ether oxygens (including phenoxy) is 1. The number of carbonyl (C=O) groups excluding carboxylic acids is 2. The van der Waals surface area contributed by atoms with Crippen LogP contribution in [0.5, 0.6) is 0 Å². The van der Waals surface area contributed by atoms with E-state index in [0.717, 1.165) is 60.7 Å². The molecule has 5 rings (SSSR count). The number of nitrogens with one attached hydrogen (secondary N) is 1. The van der Waals surface area contributed by atoms with Crippen molar-refractivity contribution in [3.8, 4) is 35.0 Å². The van der Waals surface area contributed by atoms with Crippen LogP contribution in [0.4, 0.5) is 0 Å². The van der Waals surface area contributed by atoms with Crippen molar-refractivity contribution in [2.24, 2.45) is 22.9 Å². The van der Waals surface area contributed by atoms with E-state index in [4.69, 9.17) is 31.8 Å². The number of nitrogens with two attached hydrogens (primary N) is 2. The minimum Gasteiger partial charge on any atom is -0.446 e. The van der Waals surface area contributed by atoms with Gasteiger partial charge in [0.2, 0.25) is 6.41 Å². The van der Waals surface area contributed by atoms with Gasteiger partial charge in [-0.05, 0) is 120 Å². The molecule has 13 heteroatoms. The van der Waals surface area contributed by atoms with Gasteiger partial charge in [0.15, 0.2) is 0 Å². The van der Waals surface area contributed by atoms with Gasteiger partial charge >= 0.3 is 0 Å². The maximum atomic E-state index is 12.7. The van der Waals surface area contributed by atoms with E-state index in [1.54, 1.807) is 23.1 Å². The number of carbonyl (C=O) groups is 2. The molecule has 0 aliphatic carbocycles. The van der Waals surface area contributed by atoms with Gasteiger partial charge in [-0.2, -0.15) is 11.8 Å². The molecule has 3 aromatic heterocycles. The molecule has 5 N–H and O–H groups in total. The smallest absolute Gasteiger partial charge is 0.204 e. The fraction of sp³-hybridized carbons (Fsp3) is 0.553. The van der Waals surface area contributed by atoms with E-state index in [-0.39, 0.29) is 23.5 Å². The number of benzene rings is 1. The first-order chi connectivity index (χ1) is 28.9. The Morgan fingerprint density at radius 3 is 2.40 bits per heavy atom. The van der Waals surface area contributed by atoms with Crippen LogP contribution in [-0.4, -0.2) is 83.3 Å². The summed E-state index contributed by atoms with van der Waals surface area (Å²) in [6.07, 6.45) is 23.1. The molecule has 4 heterocycles. The normalized spacial score (nSPS) is 13.3. The fourth-order valence-electron chi connectivity index (χ4n) is 7.11. The van der Waals surface area contributed by atoms with Gasteiger partial charge in [0.1, 0.15) is 18.5 Å². The Morgan fingerprint density at radius 2 is 1.83 bits per heavy atom. The van der Waals surface area contributed by atoms with Crippen molar-refractivity contribution in [3.63, 3.8) is 0 Å². The van der Waals surface area contributed by atoms with Gasteiger partial charge < -0.3 is 19.9 Å². The summed E-state index contributed by atoms with van der Waals surface area (Å²) in [5, 5.41) is 4.31. The van der Waals surface area contributed by atoms with Crippen molar-refractivity contribution in [2.45, 2.75) is 112 Å². The molecule has 1 aliphatic rings. The number of aromatic nitrogens is 3. The highest BCUT2D eigenvalue weighted by Crippen LogP contribution is 2.42. The summed E-state index contributed by atoms with van der Waals surface area (Å²) < 4.78 is 7.91. The molecule has 1 saturated heterocycles. The number of piperidine rings is 1. The molecule has 0 saturated carbocycles. The van der Waals surface area contributed by atoms with E-state index >= 15 is 0 Å². The average molecular weight is 880 g/mol. The number of pyridine rings is 1. The van der Waals surface area contributed by atoms with Crippen molar-refractivity contribution < 1.29 is 14.3 Å². The van der Waals surface area contributed by atoms with E-state index < -0.39 is 0 Å². The highest BCUT2D eigenvalue weighted by atomic mass is 32.2. The minimum atomic E-state index is -0.194. The third-order valence-corrected chi connectivity index (χ3v) is 11.2. The van der Waals surface area contributed by atoms with E-state index in [2.05, 4.69) is 116 Å². The molecule has 10 nitrogen and oxygen atoms in total. The van der Waals surface area contributed by atoms with Gasteiger partial charge in [-0.3, -0.25) is 25.8 Å². The van der Waals surface area contributed by atoms with E-state index in [0.29, 0.717) is 25.4 Å². The van der Waals surface area contributed by atoms with Gasteiger partial charge in [-0.25, -0.2) is 4.98 Å². The van der Waals surface area contributed by atoms with Crippen molar-refractivity contribution >= 4 is 64.3 Å². The van der Waals surface area contributed by atoms with Crippen molar-refractivity contribution in [1.29, 1.82) is 0 Å². The first kappa shape index (κ1) is 54.4. The number of fused-ring (bicyclic) bond motifs is 1. The Bertz CT molecular complexity index is 1860. The molecule has 1 aromatic carbocycles. The van der Waals surface area contributed by atoms with Crippen molar-refractivity contribution in [1.82, 2.24) is 24.9 Å². The molecule has 0 radical (unpaired) electrons. The Morgan fingerprint density at radius 1 is 1.17 bits per heavy atom. The number of terminal acetylenes is 1. The van der Waals surface area contributed by atoms with E-state index in [1.807, 2.05) is 31.7 Å². The predicted octanol–water partition coefficient (Wildman–Crippen LogP) is 9.72. The number of aryl methyl sites for hydroxylation is 1. The number of amides is 1. The number of Topliss-reactive ketones (excluding diaryl/α,β-unsaturated/α-hetero) is 1. The molecule has 1 amide bonds. The average Bonchev–Trinajstić information content (AvgIpc) is 3.84. The van der Waals surface area contributed by atoms with Gasteiger partial charge in [-0.1, -0.05) is 65.7 Å². The monoisotopic (exact) mass is 879 g/mol. The topological polar surface area (TPSA) is 141 Å². The number of hydrazine groups is 1. The number of thiocarbonyl (C=S) groups is 1. The van der Waals surface area contributed by atoms with Crippen LogP contribution in [0.1, 0.15) is 109 Å². The lowest BCUT2D eigenvalue weighted by Gasteiger charge is -2.24. The molecule has 1 aliphatic heterocycles. The first-order valence-electron chi connectivity index (χ1n) is 21.0. The van der Waals surface area contributed by atoms with Crippen LogP contribution in [0.3, 0.4) is 0 Å². The Labute approximate surface area is 375 Å². The third-order valence-electron chi connectivity index (χ3n) is 10.3. The lowest BCUT2D eigenvalue weighted by molar-refractivity contribution is -0.122. The number of unbranched alkanes of at least 4 members (excludes halogenated alkanes) is 1. The zero-order valence-corrected chi connectivity index (χ0v) is 40.3. The SMILES string of the molecule is C#COCC(C)(C)Cc1c(-c2cccnc2C(C)CC)n(CC)c2ccc(-c3csc(CC(C)C(=O)CCCCNN)n3)cc12.C=S.CN1CCCCC1.CSC.NC=O. The number of hydrogen-bond donors (Lipinski definition) is 3. The van der Waals surface area contributed by atoms with Crippen LogP contribution in [0.2, 0.25) is 0 Å². The van der Waals surface area contributed by atoms with Crippen LogP contribution in [0.25, 0.3) is 33.4 Å². The maximum Gasteiger partial charge on any atom is 0.204 e. The van der Waals surface area contributed by atoms with Crippen LogP contribution < -0.4 is 17.0 Å². The largest absolute Gasteiger partial charge is 0.446 e. The zero-order chi connectivity index (χ0) is 45.1. The van der Waals surface area contributed by atoms with Crippen molar-refractivity contribution in [2.75, 3.05) is 45.8 Å². The molecule has 4 aromatic rings. The zero-order valence-electron chi connectivity index (χ0n) is 37.9. The Hall–Kier alpha value is -3.64. The van der Waals surface area contributed by atoms with E-state index in [9.17, 15) is 4.79 Å². The lowest BCUT2D eigenvalue weighted by atomic mass is 9.84. The molecule has 60 heavy (non-hydrogen) atoms. The quantitative estimate of drug-likeness (QED) is 0.0235. The molecule has 1 fully saturated rings. The number of primary amides is 1. The minimum absolute atomic E-state index is 0.0586. The number of likely N-dealkylation sites (tertiary alicyclic amines) is 1. The summed E-state index contributed by atoms with van der Waals surface area (Å²) in [7, 11) is 2.19. The predicted molar refractivity (Wildman–Crippen MR) is 263 cm³/mol.